The lowest BCUT2D eigenvalue weighted by molar-refractivity contribution is 0.1000. The number of carbonyl (C=O) groups excluding carboxylic acids is 2. The number of halogens is 1. The van der Waals surface area contributed by atoms with Crippen LogP contribution in [0.3, 0.4) is 0 Å². The fourth-order valence-electron chi connectivity index (χ4n) is 3.74. The first kappa shape index (κ1) is 19.7. The van der Waals surface area contributed by atoms with Gasteiger partial charge in [-0.3, -0.25) is 9.59 Å². The summed E-state index contributed by atoms with van der Waals surface area (Å²) in [5.41, 5.74) is 8.28. The number of carbonyl (C=O) groups is 2. The number of nitrogens with two attached hydrogens (primary N) is 1. The summed E-state index contributed by atoms with van der Waals surface area (Å²) in [7, 11) is 0. The van der Waals surface area contributed by atoms with Gasteiger partial charge >= 0.3 is 0 Å². The first-order valence-electron chi connectivity index (χ1n) is 9.33. The normalized spacial score (nSPS) is 15.8. The maximum atomic E-state index is 13.2. The highest BCUT2D eigenvalue weighted by molar-refractivity contribution is 7.17. The molecule has 0 fully saturated rings. The van der Waals surface area contributed by atoms with Crippen molar-refractivity contribution in [2.24, 2.45) is 11.7 Å². The van der Waals surface area contributed by atoms with Crippen LogP contribution in [0.5, 0.6) is 0 Å². The summed E-state index contributed by atoms with van der Waals surface area (Å²) >= 11 is 7.70. The fourth-order valence-corrected chi connectivity index (χ4v) is 5.38. The van der Waals surface area contributed by atoms with Crippen LogP contribution >= 0.6 is 22.9 Å². The van der Waals surface area contributed by atoms with Gasteiger partial charge in [-0.15, -0.1) is 11.3 Å². The molecule has 3 N–H and O–H groups in total. The summed E-state index contributed by atoms with van der Waals surface area (Å²) in [6, 6.07) is 7.11. The second kappa shape index (κ2) is 7.65. The van der Waals surface area contributed by atoms with Crippen molar-refractivity contribution in [2.75, 3.05) is 5.32 Å². The molecular weight excluding hydrogens is 410 g/mol. The fraction of sp³-hybridized carbons (Fsp3) is 0.286. The zero-order valence-electron chi connectivity index (χ0n) is 16.0. The Hall–Kier alpha value is -2.64. The van der Waals surface area contributed by atoms with Crippen molar-refractivity contribution in [2.45, 2.75) is 33.1 Å². The largest absolute Gasteiger partial charge is 0.365 e. The number of thiophene rings is 1. The first-order chi connectivity index (χ1) is 13.9. The third-order valence-corrected chi connectivity index (χ3v) is 6.70. The molecule has 2 heterocycles. The number of amides is 2. The Morgan fingerprint density at radius 2 is 2.07 bits per heavy atom. The van der Waals surface area contributed by atoms with Crippen LogP contribution in [0.2, 0.25) is 5.02 Å². The molecular formula is C21H20ClN3O3S. The third-order valence-electron chi connectivity index (χ3n) is 5.20. The molecule has 29 heavy (non-hydrogen) atoms. The number of nitrogens with zero attached hydrogens (tertiary/aromatic N) is 1. The molecule has 8 heteroatoms. The summed E-state index contributed by atoms with van der Waals surface area (Å²) in [5.74, 6) is -0.0286. The van der Waals surface area contributed by atoms with Crippen molar-refractivity contribution >= 4 is 39.8 Å². The van der Waals surface area contributed by atoms with Gasteiger partial charge in [0.15, 0.2) is 0 Å². The minimum absolute atomic E-state index is 0.285. The van der Waals surface area contributed by atoms with Crippen LogP contribution in [0, 0.1) is 12.8 Å². The predicted octanol–water partition coefficient (Wildman–Crippen LogP) is 4.84. The highest BCUT2D eigenvalue weighted by Gasteiger charge is 2.29. The zero-order chi connectivity index (χ0) is 20.7. The summed E-state index contributed by atoms with van der Waals surface area (Å²) in [6.45, 7) is 3.85. The van der Waals surface area contributed by atoms with Crippen LogP contribution < -0.4 is 11.1 Å². The van der Waals surface area contributed by atoms with E-state index in [4.69, 9.17) is 21.9 Å². The van der Waals surface area contributed by atoms with Crippen LogP contribution in [0.4, 0.5) is 5.00 Å². The number of hydrogen-bond donors (Lipinski definition) is 2. The van der Waals surface area contributed by atoms with Gasteiger partial charge in [0, 0.05) is 10.4 Å². The van der Waals surface area contributed by atoms with Gasteiger partial charge < -0.3 is 15.6 Å². The Balaban J connectivity index is 1.73. The van der Waals surface area contributed by atoms with Gasteiger partial charge in [-0.05, 0) is 43.7 Å². The molecule has 1 aliphatic rings. The van der Waals surface area contributed by atoms with E-state index in [1.54, 1.807) is 25.1 Å². The van der Waals surface area contributed by atoms with Gasteiger partial charge in [0.05, 0.1) is 10.6 Å². The molecule has 6 nitrogen and oxygen atoms in total. The standard InChI is InChI=1S/C21H20ClN3O3S/c1-10-7-8-13-15(9-10)29-21(17(13)19(23)26)24-20(27)16-11(2)28-25-18(16)12-5-3-4-6-14(12)22/h3-6,10H,7-9H2,1-2H3,(H2,23,26)(H,24,27)/t10-/m0/s1. The third kappa shape index (κ3) is 3.56. The van der Waals surface area contributed by atoms with Gasteiger partial charge in [0.1, 0.15) is 22.0 Å². The van der Waals surface area contributed by atoms with Crippen molar-refractivity contribution in [3.63, 3.8) is 0 Å². The molecule has 0 bridgehead atoms. The van der Waals surface area contributed by atoms with Crippen LogP contribution in [0.1, 0.15) is 50.3 Å². The Morgan fingerprint density at radius 3 is 2.79 bits per heavy atom. The van der Waals surface area contributed by atoms with Crippen molar-refractivity contribution in [1.29, 1.82) is 0 Å². The van der Waals surface area contributed by atoms with E-state index in [0.717, 1.165) is 29.7 Å². The highest BCUT2D eigenvalue weighted by Crippen LogP contribution is 2.40. The van der Waals surface area contributed by atoms with E-state index in [2.05, 4.69) is 17.4 Å². The van der Waals surface area contributed by atoms with Gasteiger partial charge in [0.2, 0.25) is 0 Å². The molecule has 0 aliphatic heterocycles. The number of primary amides is 1. The second-order valence-corrected chi connectivity index (χ2v) is 8.83. The van der Waals surface area contributed by atoms with E-state index in [9.17, 15) is 9.59 Å². The Morgan fingerprint density at radius 1 is 1.31 bits per heavy atom. The van der Waals surface area contributed by atoms with Gasteiger partial charge in [-0.1, -0.05) is 41.9 Å². The lowest BCUT2D eigenvalue weighted by atomic mass is 9.88. The number of hydrogen-bond acceptors (Lipinski definition) is 5. The minimum Gasteiger partial charge on any atom is -0.365 e. The average Bonchev–Trinajstić information content (AvgIpc) is 3.21. The van der Waals surface area contributed by atoms with Crippen LogP contribution in [0.15, 0.2) is 28.8 Å². The molecule has 0 saturated carbocycles. The first-order valence-corrected chi connectivity index (χ1v) is 10.5. The van der Waals surface area contributed by atoms with Crippen molar-refractivity contribution in [1.82, 2.24) is 5.16 Å². The molecule has 1 atom stereocenters. The molecule has 1 aromatic carbocycles. The zero-order valence-corrected chi connectivity index (χ0v) is 17.6. The maximum Gasteiger partial charge on any atom is 0.262 e. The number of benzene rings is 1. The van der Waals surface area contributed by atoms with Crippen molar-refractivity contribution in [3.05, 3.63) is 56.6 Å². The minimum atomic E-state index is -0.527. The van der Waals surface area contributed by atoms with Crippen LogP contribution in [-0.4, -0.2) is 17.0 Å². The number of aromatic nitrogens is 1. The molecule has 150 valence electrons. The van der Waals surface area contributed by atoms with Crippen LogP contribution in [0.25, 0.3) is 11.3 Å². The Kier molecular flexibility index (Phi) is 5.19. The van der Waals surface area contributed by atoms with E-state index in [-0.39, 0.29) is 5.56 Å². The molecule has 1 aliphatic carbocycles. The van der Waals surface area contributed by atoms with E-state index in [1.807, 2.05) is 6.07 Å². The highest BCUT2D eigenvalue weighted by atomic mass is 35.5. The Labute approximate surface area is 177 Å². The quantitative estimate of drug-likeness (QED) is 0.619. The molecule has 0 spiro atoms. The van der Waals surface area contributed by atoms with Crippen molar-refractivity contribution in [3.8, 4) is 11.3 Å². The monoisotopic (exact) mass is 429 g/mol. The predicted molar refractivity (Wildman–Crippen MR) is 114 cm³/mol. The molecule has 0 radical (unpaired) electrons. The SMILES string of the molecule is Cc1onc(-c2ccccc2Cl)c1C(=O)Nc1sc2c(c1C(N)=O)CC[C@H](C)C2. The number of aryl methyl sites for hydroxylation is 1. The van der Waals surface area contributed by atoms with Gasteiger partial charge in [-0.25, -0.2) is 0 Å². The summed E-state index contributed by atoms with van der Waals surface area (Å²) in [4.78, 5) is 26.4. The van der Waals surface area contributed by atoms with E-state index >= 15 is 0 Å². The van der Waals surface area contributed by atoms with E-state index < -0.39 is 11.8 Å². The smallest absolute Gasteiger partial charge is 0.262 e. The molecule has 2 aromatic heterocycles. The lowest BCUT2D eigenvalue weighted by Gasteiger charge is -2.18. The number of anilines is 1. The van der Waals surface area contributed by atoms with Crippen molar-refractivity contribution < 1.29 is 14.1 Å². The summed E-state index contributed by atoms with van der Waals surface area (Å²) < 4.78 is 5.28. The van der Waals surface area contributed by atoms with E-state index in [1.165, 1.54) is 11.3 Å². The topological polar surface area (TPSA) is 98.2 Å². The van der Waals surface area contributed by atoms with E-state index in [0.29, 0.717) is 38.5 Å². The Bertz CT molecular complexity index is 1120. The molecule has 4 rings (SSSR count). The number of nitrogens with one attached hydrogen (secondary N) is 1. The molecule has 3 aromatic rings. The molecule has 0 unspecified atom stereocenters. The lowest BCUT2D eigenvalue weighted by Crippen LogP contribution is -2.19. The number of fused-ring (bicyclic) bond motifs is 1. The van der Waals surface area contributed by atoms with Crippen LogP contribution in [-0.2, 0) is 12.8 Å². The van der Waals surface area contributed by atoms with Gasteiger partial charge in [-0.2, -0.15) is 0 Å². The molecule has 0 saturated heterocycles. The van der Waals surface area contributed by atoms with Gasteiger partial charge in [0.25, 0.3) is 11.8 Å². The number of rotatable bonds is 4. The second-order valence-electron chi connectivity index (χ2n) is 7.32. The summed E-state index contributed by atoms with van der Waals surface area (Å²) in [6.07, 6.45) is 2.67. The maximum absolute atomic E-state index is 13.2. The molecule has 2 amide bonds. The summed E-state index contributed by atoms with van der Waals surface area (Å²) in [5, 5.41) is 7.85. The average molecular weight is 430 g/mol.